The molecule has 6 nitrogen and oxygen atoms in total. The number of amides is 2. The topological polar surface area (TPSA) is 81.5 Å². The van der Waals surface area contributed by atoms with E-state index in [-0.39, 0.29) is 29.5 Å². The molecule has 2 fully saturated rings. The highest BCUT2D eigenvalue weighted by molar-refractivity contribution is 6.05. The van der Waals surface area contributed by atoms with Crippen LogP contribution < -0.4 is 0 Å². The monoisotopic (exact) mass is 451 g/mol. The molecular weight excluding hydrogens is 421 g/mol. The summed E-state index contributed by atoms with van der Waals surface area (Å²) in [7, 11) is 0. The number of benzene rings is 2. The van der Waals surface area contributed by atoms with Crippen molar-refractivity contribution < 1.29 is 18.8 Å². The normalized spacial score (nSPS) is 15.4. The lowest BCUT2D eigenvalue weighted by atomic mass is 9.97. The summed E-state index contributed by atoms with van der Waals surface area (Å²) in [4.78, 5) is 39.7. The highest BCUT2D eigenvalue weighted by Crippen LogP contribution is 2.31. The van der Waals surface area contributed by atoms with Gasteiger partial charge in [0.1, 0.15) is 5.82 Å². The zero-order valence-corrected chi connectivity index (χ0v) is 19.1. The maximum atomic E-state index is 14.5. The summed E-state index contributed by atoms with van der Waals surface area (Å²) in [5.74, 6) is -0.701. The van der Waals surface area contributed by atoms with E-state index >= 15 is 0 Å². The van der Waals surface area contributed by atoms with E-state index in [0.29, 0.717) is 49.2 Å². The van der Waals surface area contributed by atoms with Crippen LogP contribution in [0, 0.1) is 17.1 Å². The number of carbonyl (C=O) groups is 3. The van der Waals surface area contributed by atoms with Crippen molar-refractivity contribution in [2.45, 2.75) is 33.1 Å². The van der Waals surface area contributed by atoms with Gasteiger partial charge in [-0.3, -0.25) is 14.4 Å². The van der Waals surface area contributed by atoms with Gasteiger partial charge in [0.2, 0.25) is 5.91 Å². The highest BCUT2D eigenvalue weighted by atomic mass is 19.1. The Bertz CT molecular complexity index is 1040. The van der Waals surface area contributed by atoms with Crippen LogP contribution in [0.2, 0.25) is 0 Å². The van der Waals surface area contributed by atoms with Crippen LogP contribution in [0.15, 0.2) is 42.5 Å². The first-order valence-electron chi connectivity index (χ1n) is 11.5. The lowest BCUT2D eigenvalue weighted by molar-refractivity contribution is -0.134. The Kier molecular flexibility index (Phi) is 8.09. The van der Waals surface area contributed by atoms with E-state index in [9.17, 15) is 18.8 Å². The molecule has 1 saturated carbocycles. The van der Waals surface area contributed by atoms with Gasteiger partial charge in [-0.25, -0.2) is 4.39 Å². The maximum Gasteiger partial charge on any atom is 0.256 e. The van der Waals surface area contributed by atoms with Crippen LogP contribution in [0.3, 0.4) is 0 Å². The fourth-order valence-corrected chi connectivity index (χ4v) is 3.91. The van der Waals surface area contributed by atoms with Crippen molar-refractivity contribution in [3.05, 3.63) is 70.5 Å². The number of nitrogens with one attached hydrogen (secondary N) is 1. The minimum absolute atomic E-state index is 0.0315. The molecule has 2 amide bonds. The van der Waals surface area contributed by atoms with Gasteiger partial charge in [0.15, 0.2) is 6.29 Å². The molecule has 0 atom stereocenters. The number of halogens is 1. The van der Waals surface area contributed by atoms with E-state index in [4.69, 9.17) is 5.41 Å². The summed E-state index contributed by atoms with van der Waals surface area (Å²) >= 11 is 0. The van der Waals surface area contributed by atoms with Gasteiger partial charge >= 0.3 is 0 Å². The van der Waals surface area contributed by atoms with Crippen molar-refractivity contribution in [1.82, 2.24) is 9.80 Å². The molecule has 2 aliphatic rings. The quantitative estimate of drug-likeness (QED) is 0.533. The van der Waals surface area contributed by atoms with E-state index in [0.717, 1.165) is 12.8 Å². The average molecular weight is 452 g/mol. The molecule has 174 valence electrons. The van der Waals surface area contributed by atoms with Crippen LogP contribution in [0.4, 0.5) is 4.39 Å². The van der Waals surface area contributed by atoms with Crippen molar-refractivity contribution in [3.63, 3.8) is 0 Å². The van der Waals surface area contributed by atoms with Crippen molar-refractivity contribution in [3.8, 4) is 0 Å². The summed E-state index contributed by atoms with van der Waals surface area (Å²) in [6, 6.07) is 11.1. The predicted octanol–water partition coefficient (Wildman–Crippen LogP) is 3.97. The van der Waals surface area contributed by atoms with Crippen molar-refractivity contribution in [2.24, 2.45) is 5.92 Å². The van der Waals surface area contributed by atoms with Crippen LogP contribution in [0.1, 0.15) is 58.5 Å². The van der Waals surface area contributed by atoms with Gasteiger partial charge in [-0.15, -0.1) is 0 Å². The summed E-state index contributed by atoms with van der Waals surface area (Å²) < 4.78 is 14.5. The number of aldehydes is 1. The average Bonchev–Trinajstić information content (AvgIpc) is 3.71. The van der Waals surface area contributed by atoms with Crippen LogP contribution in [-0.4, -0.2) is 59.8 Å². The first-order valence-corrected chi connectivity index (χ1v) is 11.5. The molecule has 1 N–H and O–H groups in total. The zero-order chi connectivity index (χ0) is 24.0. The molecule has 1 aliphatic heterocycles. The molecule has 0 aromatic heterocycles. The molecular formula is C26H30FN3O3. The standard InChI is InChI=1S/C24H24FN3O3.C2H6/c25-21-8-5-16(14-22(26)19-4-2-1-3-18(19)15-29)13-20(21)24(31)28-11-9-27(10-12-28)23(30)17-6-7-17;1-2/h1-5,8,13,15,17,26H,6-7,9-12,14H2;1-2H3. The Morgan fingerprint density at radius 3 is 2.27 bits per heavy atom. The van der Waals surface area contributed by atoms with Crippen LogP contribution >= 0.6 is 0 Å². The molecule has 4 rings (SSSR count). The van der Waals surface area contributed by atoms with E-state index in [1.807, 2.05) is 13.8 Å². The lowest BCUT2D eigenvalue weighted by Crippen LogP contribution is -2.51. The summed E-state index contributed by atoms with van der Waals surface area (Å²) in [5.41, 5.74) is 1.75. The largest absolute Gasteiger partial charge is 0.339 e. The number of hydrogen-bond donors (Lipinski definition) is 1. The maximum absolute atomic E-state index is 14.5. The summed E-state index contributed by atoms with van der Waals surface area (Å²) in [6.45, 7) is 5.69. The Hall–Kier alpha value is -3.35. The zero-order valence-electron chi connectivity index (χ0n) is 19.1. The minimum atomic E-state index is -0.606. The van der Waals surface area contributed by atoms with Crippen molar-refractivity contribution in [2.75, 3.05) is 26.2 Å². The number of carbonyl (C=O) groups excluding carboxylic acids is 3. The Morgan fingerprint density at radius 2 is 1.64 bits per heavy atom. The highest BCUT2D eigenvalue weighted by Gasteiger charge is 2.35. The fourth-order valence-electron chi connectivity index (χ4n) is 3.91. The SMILES string of the molecule is CC.N=C(Cc1ccc(F)c(C(=O)N2CCN(C(=O)C3CC3)CC2)c1)c1ccccc1C=O. The van der Waals surface area contributed by atoms with E-state index < -0.39 is 11.7 Å². The third-order valence-electron chi connectivity index (χ3n) is 5.86. The predicted molar refractivity (Wildman–Crippen MR) is 125 cm³/mol. The van der Waals surface area contributed by atoms with Gasteiger partial charge in [-0.1, -0.05) is 44.2 Å². The van der Waals surface area contributed by atoms with Crippen molar-refractivity contribution in [1.29, 1.82) is 5.41 Å². The third kappa shape index (κ3) is 5.72. The molecule has 0 spiro atoms. The van der Waals surface area contributed by atoms with Crippen LogP contribution in [0.25, 0.3) is 0 Å². The van der Waals surface area contributed by atoms with E-state index in [1.54, 1.807) is 40.1 Å². The fraction of sp³-hybridized carbons (Fsp3) is 0.385. The van der Waals surface area contributed by atoms with Gasteiger partial charge in [0.05, 0.1) is 5.56 Å². The van der Waals surface area contributed by atoms with Gasteiger partial charge in [0.25, 0.3) is 5.91 Å². The van der Waals surface area contributed by atoms with E-state index in [2.05, 4.69) is 0 Å². The molecule has 2 aromatic carbocycles. The number of hydrogen-bond acceptors (Lipinski definition) is 4. The Morgan fingerprint density at radius 1 is 1.00 bits per heavy atom. The molecule has 0 bridgehead atoms. The lowest BCUT2D eigenvalue weighted by Gasteiger charge is -2.35. The first kappa shape index (κ1) is 24.3. The van der Waals surface area contributed by atoms with Gasteiger partial charge in [0, 0.05) is 55.4 Å². The minimum Gasteiger partial charge on any atom is -0.339 e. The molecule has 1 aliphatic carbocycles. The number of rotatable bonds is 6. The van der Waals surface area contributed by atoms with Gasteiger partial charge in [-0.2, -0.15) is 0 Å². The molecule has 0 radical (unpaired) electrons. The first-order chi connectivity index (χ1) is 16.0. The van der Waals surface area contributed by atoms with Crippen LogP contribution in [0.5, 0.6) is 0 Å². The van der Waals surface area contributed by atoms with E-state index in [1.165, 1.54) is 12.1 Å². The molecule has 2 aromatic rings. The summed E-state index contributed by atoms with van der Waals surface area (Å²) in [6.07, 6.45) is 2.77. The number of piperazine rings is 1. The van der Waals surface area contributed by atoms with Crippen LogP contribution in [-0.2, 0) is 11.2 Å². The van der Waals surface area contributed by atoms with Crippen molar-refractivity contribution >= 4 is 23.8 Å². The second kappa shape index (κ2) is 11.0. The molecule has 7 heteroatoms. The smallest absolute Gasteiger partial charge is 0.256 e. The van der Waals surface area contributed by atoms with Gasteiger partial charge < -0.3 is 15.2 Å². The molecule has 33 heavy (non-hydrogen) atoms. The summed E-state index contributed by atoms with van der Waals surface area (Å²) in [5, 5.41) is 8.36. The molecule has 1 heterocycles. The second-order valence-corrected chi connectivity index (χ2v) is 8.07. The van der Waals surface area contributed by atoms with Gasteiger partial charge in [-0.05, 0) is 30.5 Å². The number of nitrogens with zero attached hydrogens (tertiary/aromatic N) is 2. The third-order valence-corrected chi connectivity index (χ3v) is 5.86. The Balaban J connectivity index is 0.00000149. The Labute approximate surface area is 193 Å². The molecule has 0 unspecified atom stereocenters. The second-order valence-electron chi connectivity index (χ2n) is 8.07. The molecule has 1 saturated heterocycles.